The van der Waals surface area contributed by atoms with Crippen molar-refractivity contribution in [3.8, 4) is 5.75 Å². The van der Waals surface area contributed by atoms with Gasteiger partial charge < -0.3 is 19.9 Å². The molecule has 0 saturated heterocycles. The number of rotatable bonds is 8. The predicted molar refractivity (Wildman–Crippen MR) is 91.3 cm³/mol. The second-order valence-electron chi connectivity index (χ2n) is 6.70. The molecule has 1 aromatic rings. The van der Waals surface area contributed by atoms with Crippen molar-refractivity contribution in [2.75, 3.05) is 13.7 Å². The number of benzene rings is 1. The van der Waals surface area contributed by atoms with E-state index in [0.29, 0.717) is 5.75 Å². The number of carboxylic acids is 1. The van der Waals surface area contributed by atoms with Gasteiger partial charge in [0, 0.05) is 18.6 Å². The quantitative estimate of drug-likeness (QED) is 0.760. The molecule has 1 atom stereocenters. The summed E-state index contributed by atoms with van der Waals surface area (Å²) in [6.45, 7) is 7.86. The van der Waals surface area contributed by atoms with Crippen LogP contribution in [0.2, 0.25) is 0 Å². The maximum atomic E-state index is 12.2. The lowest BCUT2D eigenvalue weighted by atomic mass is 10.1. The zero-order chi connectivity index (χ0) is 18.3. The molecule has 0 spiro atoms. The van der Waals surface area contributed by atoms with E-state index in [1.807, 2.05) is 39.8 Å². The molecule has 1 aromatic carbocycles. The molecule has 6 nitrogen and oxygen atoms in total. The monoisotopic (exact) mass is 337 g/mol. The number of hydrogen-bond donors (Lipinski definition) is 2. The van der Waals surface area contributed by atoms with Gasteiger partial charge in [0.15, 0.2) is 0 Å². The number of hydrogen-bond acceptors (Lipinski definition) is 4. The largest absolute Gasteiger partial charge is 0.496 e. The van der Waals surface area contributed by atoms with Crippen LogP contribution in [0.5, 0.6) is 5.75 Å². The first kappa shape index (κ1) is 20.0. The zero-order valence-electron chi connectivity index (χ0n) is 15.0. The van der Waals surface area contributed by atoms with E-state index in [1.54, 1.807) is 6.07 Å². The Morgan fingerprint density at radius 2 is 1.96 bits per heavy atom. The van der Waals surface area contributed by atoms with Crippen molar-refractivity contribution in [1.82, 2.24) is 5.32 Å². The normalized spacial score (nSPS) is 12.5. The summed E-state index contributed by atoms with van der Waals surface area (Å²) in [5.41, 5.74) is 1.39. The lowest BCUT2D eigenvalue weighted by molar-refractivity contribution is -0.142. The minimum Gasteiger partial charge on any atom is -0.496 e. The lowest BCUT2D eigenvalue weighted by Gasteiger charge is -2.21. The molecule has 1 amide bonds. The van der Waals surface area contributed by atoms with Crippen LogP contribution in [0.3, 0.4) is 0 Å². The summed E-state index contributed by atoms with van der Waals surface area (Å²) in [4.78, 5) is 23.5. The fraction of sp³-hybridized carbons (Fsp3) is 0.556. The highest BCUT2D eigenvalue weighted by Gasteiger charge is 2.22. The number of aliphatic carboxylic acids is 1. The Bertz CT molecular complexity index is 577. The average molecular weight is 337 g/mol. The smallest absolute Gasteiger partial charge is 0.326 e. The van der Waals surface area contributed by atoms with Gasteiger partial charge in [-0.3, -0.25) is 4.79 Å². The second-order valence-corrected chi connectivity index (χ2v) is 6.70. The summed E-state index contributed by atoms with van der Waals surface area (Å²) in [6.07, 6.45) is 0.276. The van der Waals surface area contributed by atoms with Gasteiger partial charge in [0.2, 0.25) is 5.91 Å². The summed E-state index contributed by atoms with van der Waals surface area (Å²) < 4.78 is 10.8. The molecule has 6 heteroatoms. The van der Waals surface area contributed by atoms with Gasteiger partial charge in [-0.15, -0.1) is 0 Å². The van der Waals surface area contributed by atoms with Crippen LogP contribution in [-0.2, 0) is 20.7 Å². The molecular formula is C18H27NO5. The molecule has 2 N–H and O–H groups in total. The van der Waals surface area contributed by atoms with Crippen molar-refractivity contribution in [2.24, 2.45) is 0 Å². The van der Waals surface area contributed by atoms with E-state index >= 15 is 0 Å². The van der Waals surface area contributed by atoms with Gasteiger partial charge in [-0.2, -0.15) is 0 Å². The molecule has 0 fully saturated rings. The Balaban J connectivity index is 2.66. The maximum absolute atomic E-state index is 12.2. The number of amides is 1. The number of methoxy groups -OCH3 is 1. The minimum absolute atomic E-state index is 0.0642. The van der Waals surface area contributed by atoms with Crippen LogP contribution in [0, 0.1) is 6.92 Å². The molecule has 0 radical (unpaired) electrons. The zero-order valence-corrected chi connectivity index (χ0v) is 15.0. The maximum Gasteiger partial charge on any atom is 0.326 e. The third-order valence-corrected chi connectivity index (χ3v) is 3.36. The summed E-state index contributed by atoms with van der Waals surface area (Å²) in [6, 6.07) is 4.57. The number of carbonyl (C=O) groups is 2. The van der Waals surface area contributed by atoms with Crippen LogP contribution < -0.4 is 10.1 Å². The van der Waals surface area contributed by atoms with Gasteiger partial charge in [0.1, 0.15) is 11.8 Å². The van der Waals surface area contributed by atoms with Crippen molar-refractivity contribution in [1.29, 1.82) is 0 Å². The predicted octanol–water partition coefficient (Wildman–Crippen LogP) is 2.32. The van der Waals surface area contributed by atoms with Crippen molar-refractivity contribution >= 4 is 11.9 Å². The van der Waals surface area contributed by atoms with E-state index in [9.17, 15) is 14.7 Å². The highest BCUT2D eigenvalue weighted by molar-refractivity contribution is 5.85. The van der Waals surface area contributed by atoms with Gasteiger partial charge in [-0.05, 0) is 33.8 Å². The van der Waals surface area contributed by atoms with E-state index in [4.69, 9.17) is 9.47 Å². The van der Waals surface area contributed by atoms with Crippen molar-refractivity contribution in [2.45, 2.75) is 52.2 Å². The molecule has 0 bridgehead atoms. The van der Waals surface area contributed by atoms with E-state index in [0.717, 1.165) is 11.1 Å². The number of carbonyl (C=O) groups excluding carboxylic acids is 1. The molecule has 1 rings (SSSR count). The molecule has 134 valence electrons. The van der Waals surface area contributed by atoms with Gasteiger partial charge in [0.25, 0.3) is 0 Å². The molecule has 0 saturated carbocycles. The van der Waals surface area contributed by atoms with Crippen LogP contribution in [0.4, 0.5) is 0 Å². The van der Waals surface area contributed by atoms with Crippen molar-refractivity contribution < 1.29 is 24.2 Å². The van der Waals surface area contributed by atoms with Crippen LogP contribution in [0.15, 0.2) is 18.2 Å². The first-order chi connectivity index (χ1) is 11.1. The second kappa shape index (κ2) is 8.68. The van der Waals surface area contributed by atoms with Gasteiger partial charge in [-0.1, -0.05) is 17.7 Å². The van der Waals surface area contributed by atoms with Gasteiger partial charge in [-0.25, -0.2) is 4.79 Å². The Morgan fingerprint density at radius 1 is 1.29 bits per heavy atom. The number of aryl methyl sites for hydroxylation is 1. The topological polar surface area (TPSA) is 84.9 Å². The lowest BCUT2D eigenvalue weighted by Crippen LogP contribution is -2.42. The van der Waals surface area contributed by atoms with Gasteiger partial charge in [0.05, 0.1) is 19.1 Å². The Kier molecular flexibility index (Phi) is 7.22. The molecule has 0 heterocycles. The SMILES string of the molecule is COc1ccc(C)cc1CC(=O)NC(CCOC(C)(C)C)C(=O)O. The number of ether oxygens (including phenoxy) is 2. The first-order valence-corrected chi connectivity index (χ1v) is 7.92. The molecule has 1 unspecified atom stereocenters. The van der Waals surface area contributed by atoms with Gasteiger partial charge >= 0.3 is 5.97 Å². The first-order valence-electron chi connectivity index (χ1n) is 7.92. The van der Waals surface area contributed by atoms with E-state index in [-0.39, 0.29) is 31.0 Å². The Labute approximate surface area is 143 Å². The molecule has 0 aliphatic carbocycles. The highest BCUT2D eigenvalue weighted by Crippen LogP contribution is 2.20. The number of nitrogens with one attached hydrogen (secondary N) is 1. The summed E-state index contributed by atoms with van der Waals surface area (Å²) in [5, 5.41) is 11.8. The summed E-state index contributed by atoms with van der Waals surface area (Å²) in [5.74, 6) is -0.821. The molecular weight excluding hydrogens is 310 g/mol. The fourth-order valence-electron chi connectivity index (χ4n) is 2.20. The van der Waals surface area contributed by atoms with E-state index in [2.05, 4.69) is 5.32 Å². The van der Waals surface area contributed by atoms with E-state index in [1.165, 1.54) is 7.11 Å². The average Bonchev–Trinajstić information content (AvgIpc) is 2.45. The number of carboxylic acid groups (broad SMARTS) is 1. The molecule has 0 aliphatic heterocycles. The minimum atomic E-state index is -1.07. The molecule has 24 heavy (non-hydrogen) atoms. The van der Waals surface area contributed by atoms with Crippen LogP contribution in [0.1, 0.15) is 38.3 Å². The van der Waals surface area contributed by atoms with E-state index < -0.39 is 12.0 Å². The van der Waals surface area contributed by atoms with Crippen LogP contribution >= 0.6 is 0 Å². The highest BCUT2D eigenvalue weighted by atomic mass is 16.5. The van der Waals surface area contributed by atoms with Crippen molar-refractivity contribution in [3.05, 3.63) is 29.3 Å². The standard InChI is InChI=1S/C18H27NO5/c1-12-6-7-15(23-5)13(10-12)11-16(20)19-14(17(21)22)8-9-24-18(2,3)4/h6-7,10,14H,8-9,11H2,1-5H3,(H,19,20)(H,21,22). The third-order valence-electron chi connectivity index (χ3n) is 3.36. The van der Waals surface area contributed by atoms with Crippen LogP contribution in [-0.4, -0.2) is 42.3 Å². The Morgan fingerprint density at radius 3 is 2.50 bits per heavy atom. The Hall–Kier alpha value is -2.08. The van der Waals surface area contributed by atoms with Crippen molar-refractivity contribution in [3.63, 3.8) is 0 Å². The summed E-state index contributed by atoms with van der Waals surface area (Å²) in [7, 11) is 1.54. The molecule has 0 aliphatic rings. The summed E-state index contributed by atoms with van der Waals surface area (Å²) >= 11 is 0. The third kappa shape index (κ3) is 7.00. The molecule has 0 aromatic heterocycles. The fourth-order valence-corrected chi connectivity index (χ4v) is 2.20. The van der Waals surface area contributed by atoms with Crippen LogP contribution in [0.25, 0.3) is 0 Å².